The van der Waals surface area contributed by atoms with Crippen molar-refractivity contribution < 1.29 is 13.8 Å². The maximum atomic E-state index is 13.0. The fourth-order valence-electron chi connectivity index (χ4n) is 4.34. The molecular formula is C32H49N7O+2. The number of aliphatic imine (C=N–C) groups is 1. The minimum Gasteiger partial charge on any atom is -0.397 e. The van der Waals surface area contributed by atoms with Crippen LogP contribution in [0, 0.1) is 0 Å². The predicted molar refractivity (Wildman–Crippen MR) is 170 cm³/mol. The van der Waals surface area contributed by atoms with Crippen LogP contribution in [0.1, 0.15) is 25.7 Å². The number of nitrogens with zero attached hydrogens (tertiary/aromatic N) is 3. The van der Waals surface area contributed by atoms with Gasteiger partial charge in [0.25, 0.3) is 0 Å². The second-order valence-corrected chi connectivity index (χ2v) is 12.5. The number of quaternary nitrogens is 2. The van der Waals surface area contributed by atoms with Gasteiger partial charge in [0.15, 0.2) is 0 Å². The minimum atomic E-state index is -0.152. The van der Waals surface area contributed by atoms with Gasteiger partial charge in [-0.15, -0.1) is 0 Å². The third-order valence-corrected chi connectivity index (χ3v) is 6.58. The van der Waals surface area contributed by atoms with E-state index in [-0.39, 0.29) is 5.78 Å². The third-order valence-electron chi connectivity index (χ3n) is 6.58. The Labute approximate surface area is 240 Å². The number of hydrogen-bond acceptors (Lipinski definition) is 6. The van der Waals surface area contributed by atoms with Gasteiger partial charge in [0, 0.05) is 49.1 Å². The molecule has 0 saturated carbocycles. The van der Waals surface area contributed by atoms with Crippen molar-refractivity contribution in [3.05, 3.63) is 72.1 Å². The van der Waals surface area contributed by atoms with Crippen molar-refractivity contribution in [1.82, 2.24) is 0 Å². The van der Waals surface area contributed by atoms with Crippen molar-refractivity contribution in [2.24, 2.45) is 10.7 Å². The summed E-state index contributed by atoms with van der Waals surface area (Å²) in [5.41, 5.74) is 11.8. The lowest BCUT2D eigenvalue weighted by atomic mass is 10.0. The summed E-state index contributed by atoms with van der Waals surface area (Å²) in [5, 5.41) is 10.2. The van der Waals surface area contributed by atoms with Crippen molar-refractivity contribution >= 4 is 34.2 Å². The monoisotopic (exact) mass is 547 g/mol. The average Bonchev–Trinajstić information content (AvgIpc) is 2.88. The maximum absolute atomic E-state index is 13.0. The molecule has 0 fully saturated rings. The third kappa shape index (κ3) is 11.2. The number of nitrogens with one attached hydrogen (secondary N) is 3. The summed E-state index contributed by atoms with van der Waals surface area (Å²) >= 11 is 0. The van der Waals surface area contributed by atoms with Crippen molar-refractivity contribution in [3.63, 3.8) is 0 Å². The Bertz CT molecular complexity index is 1200. The molecule has 0 aliphatic heterocycles. The van der Waals surface area contributed by atoms with Crippen LogP contribution < -0.4 is 21.7 Å². The van der Waals surface area contributed by atoms with Crippen LogP contribution >= 0.6 is 0 Å². The molecule has 5 N–H and O–H groups in total. The van der Waals surface area contributed by atoms with Crippen LogP contribution in [0.5, 0.6) is 0 Å². The Kier molecular flexibility index (Phi) is 10.9. The zero-order chi connectivity index (χ0) is 29.2. The van der Waals surface area contributed by atoms with Crippen molar-refractivity contribution in [2.45, 2.75) is 25.7 Å². The molecule has 2 aromatic carbocycles. The second kappa shape index (κ2) is 14.1. The van der Waals surface area contributed by atoms with Gasteiger partial charge in [0.1, 0.15) is 0 Å². The number of benzene rings is 2. The molecule has 216 valence electrons. The van der Waals surface area contributed by atoms with Gasteiger partial charge in [0.05, 0.1) is 78.2 Å². The van der Waals surface area contributed by atoms with Gasteiger partial charge in [-0.3, -0.25) is 9.79 Å². The fraction of sp³-hybridized carbons (Fsp3) is 0.438. The summed E-state index contributed by atoms with van der Waals surface area (Å²) in [4.78, 5) is 17.7. The molecule has 0 aromatic heterocycles. The number of anilines is 3. The quantitative estimate of drug-likeness (QED) is 0.210. The summed E-state index contributed by atoms with van der Waals surface area (Å²) in [7, 11) is 13.2. The molecule has 8 heteroatoms. The first-order valence-corrected chi connectivity index (χ1v) is 14.2. The Morgan fingerprint density at radius 1 is 0.775 bits per heavy atom. The lowest BCUT2D eigenvalue weighted by Crippen LogP contribution is -2.36. The molecular weight excluding hydrogens is 498 g/mol. The smallest absolute Gasteiger partial charge is 0.203 e. The van der Waals surface area contributed by atoms with Crippen LogP contribution in [-0.2, 0) is 4.79 Å². The van der Waals surface area contributed by atoms with Crippen LogP contribution in [0.3, 0.4) is 0 Å². The average molecular weight is 548 g/mol. The molecule has 0 amide bonds. The SMILES string of the molecule is C[N+](C)(C)CCCNc1ccc(/N=C2CCC=C(Nc3ccc(NCCC[N+](C)(C)C)cc3)C(=O)/C=C\2N)cc1. The highest BCUT2D eigenvalue weighted by molar-refractivity contribution is 6.13. The molecule has 3 rings (SSSR count). The topological polar surface area (TPSA) is 91.5 Å². The molecule has 2 aromatic rings. The van der Waals surface area contributed by atoms with Gasteiger partial charge in [-0.05, 0) is 61.4 Å². The summed E-state index contributed by atoms with van der Waals surface area (Å²) < 4.78 is 1.92. The number of ketones is 1. The molecule has 40 heavy (non-hydrogen) atoms. The van der Waals surface area contributed by atoms with Gasteiger partial charge in [0.2, 0.25) is 5.78 Å². The van der Waals surface area contributed by atoms with Crippen molar-refractivity contribution in [1.29, 1.82) is 0 Å². The standard InChI is InChI=1S/C32H48N7O/c1-38(2,3)22-8-20-34-25-12-16-27(17-13-25)36-30-10-7-11-31(32(40)24-29(30)33)37-28-18-14-26(15-19-28)35-21-9-23-39(4,5)6/h11-19,24H,7-10,20-23H2,1-6H3,(H4-,33,34,35,36,37,40)/q+1/p+1. The molecule has 1 aliphatic carbocycles. The first-order valence-electron chi connectivity index (χ1n) is 14.2. The van der Waals surface area contributed by atoms with Crippen LogP contribution in [0.4, 0.5) is 22.7 Å². The highest BCUT2D eigenvalue weighted by Gasteiger charge is 2.15. The van der Waals surface area contributed by atoms with Crippen LogP contribution in [0.25, 0.3) is 0 Å². The van der Waals surface area contributed by atoms with E-state index in [2.05, 4.69) is 58.2 Å². The number of nitrogens with two attached hydrogens (primary N) is 1. The summed E-state index contributed by atoms with van der Waals surface area (Å²) in [5.74, 6) is -0.152. The highest BCUT2D eigenvalue weighted by atomic mass is 16.1. The van der Waals surface area contributed by atoms with E-state index >= 15 is 0 Å². The van der Waals surface area contributed by atoms with E-state index in [1.54, 1.807) is 0 Å². The normalized spacial score (nSPS) is 16.9. The fourth-order valence-corrected chi connectivity index (χ4v) is 4.34. The molecule has 8 nitrogen and oxygen atoms in total. The van der Waals surface area contributed by atoms with E-state index in [0.717, 1.165) is 76.4 Å². The van der Waals surface area contributed by atoms with E-state index in [9.17, 15) is 4.79 Å². The zero-order valence-electron chi connectivity index (χ0n) is 25.3. The van der Waals surface area contributed by atoms with Crippen molar-refractivity contribution in [2.75, 3.05) is 84.4 Å². The van der Waals surface area contributed by atoms with E-state index in [1.165, 1.54) is 6.08 Å². The zero-order valence-corrected chi connectivity index (χ0v) is 25.3. The van der Waals surface area contributed by atoms with Crippen LogP contribution in [-0.4, -0.2) is 88.9 Å². The number of rotatable bonds is 13. The van der Waals surface area contributed by atoms with E-state index in [1.807, 2.05) is 54.6 Å². The minimum absolute atomic E-state index is 0.152. The van der Waals surface area contributed by atoms with Gasteiger partial charge >= 0.3 is 0 Å². The summed E-state index contributed by atoms with van der Waals surface area (Å²) in [6, 6.07) is 16.1. The number of carbonyl (C=O) groups excluding carboxylic acids is 1. The Hall–Kier alpha value is -3.62. The van der Waals surface area contributed by atoms with Crippen molar-refractivity contribution in [3.8, 4) is 0 Å². The molecule has 0 bridgehead atoms. The lowest BCUT2D eigenvalue weighted by molar-refractivity contribution is -0.870. The maximum Gasteiger partial charge on any atom is 0.203 e. The highest BCUT2D eigenvalue weighted by Crippen LogP contribution is 2.21. The molecule has 0 unspecified atom stereocenters. The number of carbonyl (C=O) groups is 1. The Balaban J connectivity index is 1.53. The van der Waals surface area contributed by atoms with Gasteiger partial charge in [-0.2, -0.15) is 0 Å². The second-order valence-electron chi connectivity index (χ2n) is 12.5. The number of hydrogen-bond donors (Lipinski definition) is 4. The first-order chi connectivity index (χ1) is 18.9. The molecule has 1 aliphatic rings. The van der Waals surface area contributed by atoms with E-state index < -0.39 is 0 Å². The molecule has 0 heterocycles. The van der Waals surface area contributed by atoms with Gasteiger partial charge < -0.3 is 30.7 Å². The lowest BCUT2D eigenvalue weighted by Gasteiger charge is -2.23. The number of allylic oxidation sites excluding steroid dienone is 3. The molecule has 0 radical (unpaired) electrons. The van der Waals surface area contributed by atoms with Crippen LogP contribution in [0.15, 0.2) is 77.1 Å². The molecule has 0 atom stereocenters. The first kappa shape index (κ1) is 30.9. The Morgan fingerprint density at radius 2 is 1.27 bits per heavy atom. The van der Waals surface area contributed by atoms with E-state index in [0.29, 0.717) is 24.2 Å². The molecule has 0 saturated heterocycles. The summed E-state index contributed by atoms with van der Waals surface area (Å²) in [6.07, 6.45) is 6.93. The predicted octanol–water partition coefficient (Wildman–Crippen LogP) is 4.98. The van der Waals surface area contributed by atoms with E-state index in [4.69, 9.17) is 10.7 Å². The van der Waals surface area contributed by atoms with Crippen LogP contribution in [0.2, 0.25) is 0 Å². The largest absolute Gasteiger partial charge is 0.397 e. The molecule has 0 spiro atoms. The summed E-state index contributed by atoms with van der Waals surface area (Å²) in [6.45, 7) is 4.10. The van der Waals surface area contributed by atoms with Gasteiger partial charge in [-0.25, -0.2) is 0 Å². The Morgan fingerprint density at radius 3 is 1.80 bits per heavy atom. The van der Waals surface area contributed by atoms with Gasteiger partial charge in [-0.1, -0.05) is 6.08 Å².